The van der Waals surface area contributed by atoms with E-state index in [0.29, 0.717) is 29.7 Å². The lowest BCUT2D eigenvalue weighted by molar-refractivity contribution is -0.121. The summed E-state index contributed by atoms with van der Waals surface area (Å²) in [4.78, 5) is 25.8. The van der Waals surface area contributed by atoms with Gasteiger partial charge in [0.25, 0.3) is 0 Å². The van der Waals surface area contributed by atoms with E-state index in [0.717, 1.165) is 11.1 Å². The van der Waals surface area contributed by atoms with Crippen molar-refractivity contribution >= 4 is 35.1 Å². The highest BCUT2D eigenvalue weighted by atomic mass is 35.5. The van der Waals surface area contributed by atoms with Crippen LogP contribution in [-0.4, -0.2) is 29.9 Å². The number of nitrogens with zero attached hydrogens (tertiary/aromatic N) is 1. The number of amides is 3. The van der Waals surface area contributed by atoms with E-state index in [1.54, 1.807) is 24.3 Å². The maximum atomic E-state index is 12.3. The lowest BCUT2D eigenvalue weighted by Gasteiger charge is -2.21. The maximum Gasteiger partial charge on any atom is 0.318 e. The van der Waals surface area contributed by atoms with Crippen LogP contribution in [0, 0.1) is 0 Å². The molecule has 2 rings (SSSR count). The van der Waals surface area contributed by atoms with Crippen LogP contribution in [0.5, 0.6) is 0 Å². The fourth-order valence-electron chi connectivity index (χ4n) is 2.25. The third kappa shape index (κ3) is 6.58. The Hall–Kier alpha value is -2.24. The van der Waals surface area contributed by atoms with Gasteiger partial charge in [-0.05, 0) is 42.3 Å². The van der Waals surface area contributed by atoms with Gasteiger partial charge in [-0.3, -0.25) is 4.79 Å². The SMILES string of the molecule is CCN(CC(=O)NCc1ccc(Cl)cc1)C(=O)NCc1ccc(Cl)cc1. The van der Waals surface area contributed by atoms with Gasteiger partial charge in [0.1, 0.15) is 6.54 Å². The van der Waals surface area contributed by atoms with Crippen molar-refractivity contribution in [1.82, 2.24) is 15.5 Å². The summed E-state index contributed by atoms with van der Waals surface area (Å²) in [6.07, 6.45) is 0. The van der Waals surface area contributed by atoms with Gasteiger partial charge in [0.05, 0.1) is 0 Å². The fourth-order valence-corrected chi connectivity index (χ4v) is 2.50. The van der Waals surface area contributed by atoms with E-state index in [2.05, 4.69) is 10.6 Å². The summed E-state index contributed by atoms with van der Waals surface area (Å²) in [7, 11) is 0. The van der Waals surface area contributed by atoms with E-state index in [1.807, 2.05) is 31.2 Å². The van der Waals surface area contributed by atoms with Crippen LogP contribution in [-0.2, 0) is 17.9 Å². The Kier molecular flexibility index (Phi) is 7.75. The van der Waals surface area contributed by atoms with Crippen molar-refractivity contribution in [3.8, 4) is 0 Å². The number of hydrogen-bond acceptors (Lipinski definition) is 2. The fraction of sp³-hybridized carbons (Fsp3) is 0.263. The molecule has 0 aliphatic heterocycles. The van der Waals surface area contributed by atoms with Crippen LogP contribution in [0.3, 0.4) is 0 Å². The Bertz CT molecular complexity index is 733. The standard InChI is InChI=1S/C19H21Cl2N3O2/c1-2-24(19(26)23-12-15-5-9-17(21)10-6-15)13-18(25)22-11-14-3-7-16(20)8-4-14/h3-10H,2,11-13H2,1H3,(H,22,25)(H,23,26). The van der Waals surface area contributed by atoms with Gasteiger partial charge in [-0.15, -0.1) is 0 Å². The first-order chi connectivity index (χ1) is 12.5. The van der Waals surface area contributed by atoms with Gasteiger partial charge in [-0.25, -0.2) is 4.79 Å². The number of benzene rings is 2. The molecule has 3 amide bonds. The lowest BCUT2D eigenvalue weighted by Crippen LogP contribution is -2.45. The van der Waals surface area contributed by atoms with Crippen LogP contribution >= 0.6 is 23.2 Å². The molecule has 0 aromatic heterocycles. The normalized spacial score (nSPS) is 10.3. The predicted octanol–water partition coefficient (Wildman–Crippen LogP) is 3.84. The first-order valence-corrected chi connectivity index (χ1v) is 9.02. The van der Waals surface area contributed by atoms with Crippen molar-refractivity contribution in [1.29, 1.82) is 0 Å². The molecule has 0 saturated heterocycles. The van der Waals surface area contributed by atoms with Crippen molar-refractivity contribution in [3.05, 3.63) is 69.7 Å². The van der Waals surface area contributed by atoms with Crippen LogP contribution in [0.4, 0.5) is 4.79 Å². The minimum Gasteiger partial charge on any atom is -0.350 e. The summed E-state index contributed by atoms with van der Waals surface area (Å²) in [5.74, 6) is -0.219. The van der Waals surface area contributed by atoms with Gasteiger partial charge >= 0.3 is 6.03 Å². The quantitative estimate of drug-likeness (QED) is 0.750. The molecule has 5 nitrogen and oxygen atoms in total. The van der Waals surface area contributed by atoms with Gasteiger partial charge in [-0.2, -0.15) is 0 Å². The van der Waals surface area contributed by atoms with Crippen LogP contribution in [0.15, 0.2) is 48.5 Å². The maximum absolute atomic E-state index is 12.3. The monoisotopic (exact) mass is 393 g/mol. The Morgan fingerprint density at radius 1 is 0.846 bits per heavy atom. The van der Waals surface area contributed by atoms with E-state index in [9.17, 15) is 9.59 Å². The molecule has 0 aliphatic carbocycles. The predicted molar refractivity (Wildman–Crippen MR) is 104 cm³/mol. The molecule has 0 atom stereocenters. The number of hydrogen-bond donors (Lipinski definition) is 2. The molecule has 138 valence electrons. The van der Waals surface area contributed by atoms with E-state index in [1.165, 1.54) is 4.90 Å². The molecule has 0 heterocycles. The third-order valence-electron chi connectivity index (χ3n) is 3.76. The number of halogens is 2. The van der Waals surface area contributed by atoms with E-state index < -0.39 is 0 Å². The molecule has 2 N–H and O–H groups in total. The molecule has 2 aromatic carbocycles. The van der Waals surface area contributed by atoms with Crippen LogP contribution < -0.4 is 10.6 Å². The van der Waals surface area contributed by atoms with Crippen molar-refractivity contribution in [2.24, 2.45) is 0 Å². The molecular weight excluding hydrogens is 373 g/mol. The van der Waals surface area contributed by atoms with E-state index >= 15 is 0 Å². The van der Waals surface area contributed by atoms with Gasteiger partial charge in [0.2, 0.25) is 5.91 Å². The summed E-state index contributed by atoms with van der Waals surface area (Å²) in [5.41, 5.74) is 1.88. The molecule has 0 saturated carbocycles. The average molecular weight is 394 g/mol. The highest BCUT2D eigenvalue weighted by molar-refractivity contribution is 6.30. The Morgan fingerprint density at radius 2 is 1.31 bits per heavy atom. The molecule has 7 heteroatoms. The zero-order valence-corrected chi connectivity index (χ0v) is 16.0. The third-order valence-corrected chi connectivity index (χ3v) is 4.27. The topological polar surface area (TPSA) is 61.4 Å². The Labute approximate surface area is 163 Å². The highest BCUT2D eigenvalue weighted by Gasteiger charge is 2.15. The summed E-state index contributed by atoms with van der Waals surface area (Å²) >= 11 is 11.7. The first-order valence-electron chi connectivity index (χ1n) is 8.26. The van der Waals surface area contributed by atoms with Crippen molar-refractivity contribution in [3.63, 3.8) is 0 Å². The minimum absolute atomic E-state index is 0.00343. The summed E-state index contributed by atoms with van der Waals surface area (Å²) in [5, 5.41) is 6.90. The minimum atomic E-state index is -0.288. The van der Waals surface area contributed by atoms with Crippen molar-refractivity contribution < 1.29 is 9.59 Å². The second-order valence-corrected chi connectivity index (χ2v) is 6.58. The summed E-state index contributed by atoms with van der Waals surface area (Å²) < 4.78 is 0. The average Bonchev–Trinajstić information content (AvgIpc) is 2.65. The van der Waals surface area contributed by atoms with Crippen molar-refractivity contribution in [2.45, 2.75) is 20.0 Å². The van der Waals surface area contributed by atoms with Gasteiger partial charge in [0, 0.05) is 29.7 Å². The first kappa shape index (κ1) is 20.1. The number of carbonyl (C=O) groups excluding carboxylic acids is 2. The molecular formula is C19H21Cl2N3O2. The largest absolute Gasteiger partial charge is 0.350 e. The number of rotatable bonds is 7. The smallest absolute Gasteiger partial charge is 0.318 e. The van der Waals surface area contributed by atoms with Gasteiger partial charge in [0.15, 0.2) is 0 Å². The number of nitrogens with one attached hydrogen (secondary N) is 2. The molecule has 0 bridgehead atoms. The molecule has 0 fully saturated rings. The van der Waals surface area contributed by atoms with Crippen molar-refractivity contribution in [2.75, 3.05) is 13.1 Å². The Balaban J connectivity index is 1.78. The van der Waals surface area contributed by atoms with Crippen LogP contribution in [0.2, 0.25) is 10.0 Å². The Morgan fingerprint density at radius 3 is 1.77 bits per heavy atom. The van der Waals surface area contributed by atoms with Crippen LogP contribution in [0.25, 0.3) is 0 Å². The highest BCUT2D eigenvalue weighted by Crippen LogP contribution is 2.10. The molecule has 26 heavy (non-hydrogen) atoms. The van der Waals surface area contributed by atoms with E-state index in [-0.39, 0.29) is 18.5 Å². The number of likely N-dealkylation sites (N-methyl/N-ethyl adjacent to an activating group) is 1. The molecule has 0 spiro atoms. The number of carbonyl (C=O) groups is 2. The second-order valence-electron chi connectivity index (χ2n) is 5.70. The van der Waals surface area contributed by atoms with E-state index in [4.69, 9.17) is 23.2 Å². The number of urea groups is 1. The summed E-state index contributed by atoms with van der Waals surface area (Å²) in [6.45, 7) is 3.02. The summed E-state index contributed by atoms with van der Waals surface area (Å²) in [6, 6.07) is 14.2. The molecule has 2 aromatic rings. The molecule has 0 radical (unpaired) electrons. The molecule has 0 aliphatic rings. The molecule has 0 unspecified atom stereocenters. The van der Waals surface area contributed by atoms with Gasteiger partial charge < -0.3 is 15.5 Å². The zero-order chi connectivity index (χ0) is 18.9. The van der Waals surface area contributed by atoms with Gasteiger partial charge in [-0.1, -0.05) is 47.5 Å². The lowest BCUT2D eigenvalue weighted by atomic mass is 10.2. The van der Waals surface area contributed by atoms with Crippen LogP contribution in [0.1, 0.15) is 18.1 Å². The second kappa shape index (κ2) is 10.0. The zero-order valence-electron chi connectivity index (χ0n) is 14.5.